The molecule has 0 atom stereocenters. The first-order valence-corrected chi connectivity index (χ1v) is 9.67. The lowest BCUT2D eigenvalue weighted by atomic mass is 10.1. The Morgan fingerprint density at radius 2 is 1.96 bits per heavy atom. The fourth-order valence-electron chi connectivity index (χ4n) is 2.96. The maximum atomic E-state index is 10.4. The van der Waals surface area contributed by atoms with Crippen molar-refractivity contribution in [3.05, 3.63) is 48.0 Å². The maximum absolute atomic E-state index is 10.4. The van der Waals surface area contributed by atoms with E-state index in [1.807, 2.05) is 6.92 Å². The van der Waals surface area contributed by atoms with Gasteiger partial charge in [0.2, 0.25) is 0 Å². The van der Waals surface area contributed by atoms with Gasteiger partial charge >= 0.3 is 0 Å². The van der Waals surface area contributed by atoms with E-state index in [1.54, 1.807) is 6.08 Å². The molecule has 1 aromatic heterocycles. The van der Waals surface area contributed by atoms with E-state index in [2.05, 4.69) is 48.9 Å². The van der Waals surface area contributed by atoms with E-state index in [-0.39, 0.29) is 0 Å². The molecule has 2 rings (SSSR count). The van der Waals surface area contributed by atoms with Crippen molar-refractivity contribution in [1.29, 1.82) is 0 Å². The van der Waals surface area contributed by atoms with Crippen LogP contribution in [0.1, 0.15) is 63.8 Å². The van der Waals surface area contributed by atoms with Crippen molar-refractivity contribution in [2.45, 2.75) is 59.3 Å². The van der Waals surface area contributed by atoms with Crippen LogP contribution in [0.25, 0.3) is 16.5 Å². The molecule has 1 aromatic carbocycles. The van der Waals surface area contributed by atoms with Crippen molar-refractivity contribution in [2.24, 2.45) is 0 Å². The van der Waals surface area contributed by atoms with Crippen molar-refractivity contribution in [2.75, 3.05) is 11.9 Å². The Morgan fingerprint density at radius 1 is 1.15 bits per heavy atom. The third-order valence-corrected chi connectivity index (χ3v) is 4.42. The van der Waals surface area contributed by atoms with Crippen molar-refractivity contribution in [3.63, 3.8) is 0 Å². The fourth-order valence-corrected chi connectivity index (χ4v) is 2.96. The van der Waals surface area contributed by atoms with Gasteiger partial charge in [0, 0.05) is 18.4 Å². The summed E-state index contributed by atoms with van der Waals surface area (Å²) in [6.45, 7) is 11.0. The van der Waals surface area contributed by atoms with E-state index < -0.39 is 0 Å². The van der Waals surface area contributed by atoms with Crippen LogP contribution in [0.4, 0.5) is 5.82 Å². The minimum Gasteiger partial charge on any atom is -0.512 e. The number of aryl methyl sites for hydroxylation is 1. The summed E-state index contributed by atoms with van der Waals surface area (Å²) in [5, 5.41) is 14.8. The number of unbranched alkanes of at least 4 members (excludes halogenated alkanes) is 3. The summed E-state index contributed by atoms with van der Waals surface area (Å²) in [6.07, 6.45) is 7.91. The molecule has 0 radical (unpaired) electrons. The van der Waals surface area contributed by atoms with Crippen molar-refractivity contribution in [3.8, 4) is 0 Å². The second kappa shape index (κ2) is 9.95. The van der Waals surface area contributed by atoms with Gasteiger partial charge in [-0.3, -0.25) is 0 Å². The quantitative estimate of drug-likeness (QED) is 0.304. The fraction of sp³-hybridized carbons (Fsp3) is 0.455. The van der Waals surface area contributed by atoms with Gasteiger partial charge in [-0.1, -0.05) is 51.8 Å². The highest BCUT2D eigenvalue weighted by Crippen LogP contribution is 2.26. The third kappa shape index (κ3) is 5.07. The zero-order chi connectivity index (χ0) is 18.9. The number of aliphatic hydroxyl groups excluding tert-OH is 1. The largest absolute Gasteiger partial charge is 0.512 e. The molecule has 0 spiro atoms. The molecule has 26 heavy (non-hydrogen) atoms. The van der Waals surface area contributed by atoms with E-state index in [0.29, 0.717) is 23.6 Å². The Morgan fingerprint density at radius 3 is 2.65 bits per heavy atom. The van der Waals surface area contributed by atoms with Crippen molar-refractivity contribution >= 4 is 22.3 Å². The number of hydrogen-bond acceptors (Lipinski definition) is 4. The van der Waals surface area contributed by atoms with E-state index in [1.165, 1.54) is 19.3 Å². The lowest BCUT2D eigenvalue weighted by molar-refractivity contribution is 0.390. The summed E-state index contributed by atoms with van der Waals surface area (Å²) in [4.78, 5) is 9.40. The molecule has 0 saturated carbocycles. The number of nitrogens with one attached hydrogen (secondary N) is 1. The molecule has 1 heterocycles. The van der Waals surface area contributed by atoms with Gasteiger partial charge in [-0.15, -0.1) is 0 Å². The van der Waals surface area contributed by atoms with Gasteiger partial charge in [0.1, 0.15) is 11.6 Å². The average Bonchev–Trinajstić information content (AvgIpc) is 2.62. The SMILES string of the molecule is C=C/C(=C(/O)CCC)c1nc(NCCCCCC)c2ccc(C)cc2n1. The first-order chi connectivity index (χ1) is 12.6. The summed E-state index contributed by atoms with van der Waals surface area (Å²) >= 11 is 0. The predicted molar refractivity (Wildman–Crippen MR) is 112 cm³/mol. The number of hydrogen-bond donors (Lipinski definition) is 2. The normalized spacial score (nSPS) is 12.1. The number of aromatic nitrogens is 2. The average molecular weight is 354 g/mol. The predicted octanol–water partition coefficient (Wildman–Crippen LogP) is 6.19. The van der Waals surface area contributed by atoms with Crippen LogP contribution < -0.4 is 5.32 Å². The lowest BCUT2D eigenvalue weighted by Gasteiger charge is -2.13. The van der Waals surface area contributed by atoms with Crippen LogP contribution in [0.3, 0.4) is 0 Å². The smallest absolute Gasteiger partial charge is 0.165 e. The molecule has 0 aliphatic carbocycles. The Hall–Kier alpha value is -2.36. The van der Waals surface area contributed by atoms with Crippen LogP contribution >= 0.6 is 0 Å². The molecule has 4 nitrogen and oxygen atoms in total. The molecule has 0 bridgehead atoms. The number of allylic oxidation sites excluding steroid dienone is 3. The van der Waals surface area contributed by atoms with Gasteiger partial charge in [0.15, 0.2) is 5.82 Å². The number of rotatable bonds is 10. The highest BCUT2D eigenvalue weighted by molar-refractivity contribution is 5.91. The molecule has 2 N–H and O–H groups in total. The van der Waals surface area contributed by atoms with E-state index in [9.17, 15) is 5.11 Å². The number of anilines is 1. The summed E-state index contributed by atoms with van der Waals surface area (Å²) in [5.74, 6) is 1.65. The van der Waals surface area contributed by atoms with Gasteiger partial charge in [0.05, 0.1) is 11.1 Å². The molecule has 0 amide bonds. The second-order valence-electron chi connectivity index (χ2n) is 6.72. The Balaban J connectivity index is 2.42. The van der Waals surface area contributed by atoms with Crippen LogP contribution in [0.15, 0.2) is 36.6 Å². The highest BCUT2D eigenvalue weighted by atomic mass is 16.3. The van der Waals surface area contributed by atoms with Crippen molar-refractivity contribution < 1.29 is 5.11 Å². The Kier molecular flexibility index (Phi) is 7.64. The number of benzene rings is 1. The standard InChI is InChI=1S/C22H31N3O/c1-5-8-9-10-14-23-21-18-13-12-16(4)15-19(18)24-22(25-21)17(7-3)20(26)11-6-2/h7,12-13,15,26H,3,5-6,8-11,14H2,1-2,4H3,(H,23,24,25)/b20-17-. The number of aliphatic hydroxyl groups is 1. The zero-order valence-electron chi connectivity index (χ0n) is 16.3. The van der Waals surface area contributed by atoms with Gasteiger partial charge in [-0.05, 0) is 37.5 Å². The van der Waals surface area contributed by atoms with Crippen LogP contribution in [-0.4, -0.2) is 21.6 Å². The van der Waals surface area contributed by atoms with E-state index in [4.69, 9.17) is 4.98 Å². The molecular formula is C22H31N3O. The minimum atomic E-state index is 0.295. The molecule has 2 aromatic rings. The van der Waals surface area contributed by atoms with Gasteiger partial charge in [-0.2, -0.15) is 0 Å². The first-order valence-electron chi connectivity index (χ1n) is 9.67. The molecule has 0 aliphatic rings. The zero-order valence-corrected chi connectivity index (χ0v) is 16.3. The van der Waals surface area contributed by atoms with Gasteiger partial charge in [0.25, 0.3) is 0 Å². The van der Waals surface area contributed by atoms with Crippen LogP contribution in [-0.2, 0) is 0 Å². The van der Waals surface area contributed by atoms with Crippen LogP contribution in [0, 0.1) is 6.92 Å². The third-order valence-electron chi connectivity index (χ3n) is 4.42. The van der Waals surface area contributed by atoms with Crippen LogP contribution in [0.5, 0.6) is 0 Å². The Bertz CT molecular complexity index is 780. The summed E-state index contributed by atoms with van der Waals surface area (Å²) in [6, 6.07) is 6.19. The van der Waals surface area contributed by atoms with E-state index in [0.717, 1.165) is 41.7 Å². The second-order valence-corrected chi connectivity index (χ2v) is 6.72. The topological polar surface area (TPSA) is 58.0 Å². The molecule has 4 heteroatoms. The highest BCUT2D eigenvalue weighted by Gasteiger charge is 2.13. The molecule has 140 valence electrons. The molecule has 0 fully saturated rings. The molecule has 0 saturated heterocycles. The van der Waals surface area contributed by atoms with Gasteiger partial charge in [-0.25, -0.2) is 9.97 Å². The lowest BCUT2D eigenvalue weighted by Crippen LogP contribution is -2.07. The van der Waals surface area contributed by atoms with Crippen LogP contribution in [0.2, 0.25) is 0 Å². The summed E-state index contributed by atoms with van der Waals surface area (Å²) < 4.78 is 0. The van der Waals surface area contributed by atoms with Gasteiger partial charge < -0.3 is 10.4 Å². The molecule has 0 unspecified atom stereocenters. The first kappa shape index (κ1) is 20.0. The minimum absolute atomic E-state index is 0.295. The monoisotopic (exact) mass is 353 g/mol. The number of nitrogens with zero attached hydrogens (tertiary/aromatic N) is 2. The Labute approximate surface area is 157 Å². The maximum Gasteiger partial charge on any atom is 0.165 e. The van der Waals surface area contributed by atoms with Crippen molar-refractivity contribution in [1.82, 2.24) is 9.97 Å². The molecule has 0 aliphatic heterocycles. The molecular weight excluding hydrogens is 322 g/mol. The van der Waals surface area contributed by atoms with E-state index >= 15 is 0 Å². The number of fused-ring (bicyclic) bond motifs is 1. The summed E-state index contributed by atoms with van der Waals surface area (Å²) in [7, 11) is 0. The summed E-state index contributed by atoms with van der Waals surface area (Å²) in [5.41, 5.74) is 2.65.